The Balaban J connectivity index is 2.37. The van der Waals surface area contributed by atoms with Crippen LogP contribution in [0, 0.1) is 13.8 Å². The van der Waals surface area contributed by atoms with Crippen molar-refractivity contribution < 1.29 is 24.2 Å². The molecule has 1 aromatic rings. The lowest BCUT2D eigenvalue weighted by Crippen LogP contribution is -2.55. The zero-order valence-electron chi connectivity index (χ0n) is 21.4. The van der Waals surface area contributed by atoms with Gasteiger partial charge in [-0.3, -0.25) is 9.59 Å². The summed E-state index contributed by atoms with van der Waals surface area (Å²) in [5.41, 5.74) is 1.97. The van der Waals surface area contributed by atoms with Crippen LogP contribution in [0.15, 0.2) is 18.2 Å². The van der Waals surface area contributed by atoms with E-state index in [1.807, 2.05) is 32.0 Å². The SMILES string of the molecule is CCCCCNC(=O)C(c1cccc(C)c1C)N(C(=O)C(CO)NC(=O)OC(C)(C)C)C1CC1. The van der Waals surface area contributed by atoms with E-state index in [0.717, 1.165) is 48.8 Å². The summed E-state index contributed by atoms with van der Waals surface area (Å²) >= 11 is 0. The fourth-order valence-electron chi connectivity index (χ4n) is 3.86. The number of nitrogens with zero attached hydrogens (tertiary/aromatic N) is 1. The minimum Gasteiger partial charge on any atom is -0.444 e. The minimum atomic E-state index is -1.21. The van der Waals surface area contributed by atoms with E-state index in [9.17, 15) is 19.5 Å². The van der Waals surface area contributed by atoms with Crippen LogP contribution < -0.4 is 10.6 Å². The van der Waals surface area contributed by atoms with Crippen LogP contribution in [-0.2, 0) is 14.3 Å². The van der Waals surface area contributed by atoms with Crippen molar-refractivity contribution in [3.63, 3.8) is 0 Å². The first-order valence-corrected chi connectivity index (χ1v) is 12.3. The summed E-state index contributed by atoms with van der Waals surface area (Å²) in [5.74, 6) is -0.746. The topological polar surface area (TPSA) is 108 Å². The number of ether oxygens (including phenoxy) is 1. The minimum absolute atomic E-state index is 0.131. The van der Waals surface area contributed by atoms with E-state index in [1.54, 1.807) is 25.7 Å². The van der Waals surface area contributed by atoms with Gasteiger partial charge in [0.05, 0.1) is 6.61 Å². The predicted octanol–water partition coefficient (Wildman–Crippen LogP) is 3.53. The molecule has 1 aliphatic rings. The highest BCUT2D eigenvalue weighted by Gasteiger charge is 2.44. The number of nitrogens with one attached hydrogen (secondary N) is 2. The summed E-state index contributed by atoms with van der Waals surface area (Å²) in [6.45, 7) is 11.1. The lowest BCUT2D eigenvalue weighted by molar-refractivity contribution is -0.144. The van der Waals surface area contributed by atoms with E-state index < -0.39 is 36.3 Å². The van der Waals surface area contributed by atoms with Gasteiger partial charge in [-0.05, 0) is 70.6 Å². The van der Waals surface area contributed by atoms with E-state index >= 15 is 0 Å². The predicted molar refractivity (Wildman–Crippen MR) is 131 cm³/mol. The van der Waals surface area contributed by atoms with E-state index in [-0.39, 0.29) is 11.9 Å². The van der Waals surface area contributed by atoms with Gasteiger partial charge in [0, 0.05) is 12.6 Å². The molecule has 0 saturated heterocycles. The van der Waals surface area contributed by atoms with Crippen LogP contribution >= 0.6 is 0 Å². The molecule has 1 saturated carbocycles. The number of carbonyl (C=O) groups is 3. The molecular formula is C26H41N3O5. The molecule has 190 valence electrons. The van der Waals surface area contributed by atoms with E-state index in [1.165, 1.54) is 0 Å². The van der Waals surface area contributed by atoms with Crippen LogP contribution in [0.4, 0.5) is 4.79 Å². The molecule has 0 heterocycles. The Morgan fingerprint density at radius 3 is 2.41 bits per heavy atom. The number of alkyl carbamates (subject to hydrolysis) is 1. The van der Waals surface area contributed by atoms with Crippen LogP contribution in [0.1, 0.15) is 82.5 Å². The molecule has 0 aromatic heterocycles. The molecule has 0 radical (unpaired) electrons. The Hall–Kier alpha value is -2.61. The molecule has 2 unspecified atom stereocenters. The maximum absolute atomic E-state index is 13.7. The fourth-order valence-corrected chi connectivity index (χ4v) is 3.86. The molecule has 3 amide bonds. The number of benzene rings is 1. The monoisotopic (exact) mass is 475 g/mol. The molecule has 2 atom stereocenters. The van der Waals surface area contributed by atoms with Gasteiger partial charge in [0.2, 0.25) is 11.8 Å². The first-order valence-electron chi connectivity index (χ1n) is 12.3. The normalized spacial score (nSPS) is 15.3. The summed E-state index contributed by atoms with van der Waals surface area (Å²) in [6.07, 6.45) is 3.65. The summed E-state index contributed by atoms with van der Waals surface area (Å²) < 4.78 is 5.27. The smallest absolute Gasteiger partial charge is 0.408 e. The van der Waals surface area contributed by atoms with Gasteiger partial charge in [0.15, 0.2) is 0 Å². The number of aliphatic hydroxyl groups excluding tert-OH is 1. The number of aryl methyl sites for hydroxylation is 1. The quantitative estimate of drug-likeness (QED) is 0.425. The van der Waals surface area contributed by atoms with Crippen molar-refractivity contribution in [2.75, 3.05) is 13.2 Å². The second-order valence-corrected chi connectivity index (χ2v) is 10.0. The van der Waals surface area contributed by atoms with E-state index in [2.05, 4.69) is 17.6 Å². The van der Waals surface area contributed by atoms with Crippen LogP contribution in [0.2, 0.25) is 0 Å². The lowest BCUT2D eigenvalue weighted by Gasteiger charge is -2.35. The van der Waals surface area contributed by atoms with Gasteiger partial charge in [-0.1, -0.05) is 38.0 Å². The van der Waals surface area contributed by atoms with E-state index in [4.69, 9.17) is 4.74 Å². The largest absolute Gasteiger partial charge is 0.444 e. The Morgan fingerprint density at radius 1 is 1.18 bits per heavy atom. The Labute approximate surface area is 203 Å². The second-order valence-electron chi connectivity index (χ2n) is 10.0. The molecule has 0 bridgehead atoms. The van der Waals surface area contributed by atoms with Gasteiger partial charge in [-0.15, -0.1) is 0 Å². The van der Waals surface area contributed by atoms with E-state index in [0.29, 0.717) is 6.54 Å². The van der Waals surface area contributed by atoms with Crippen molar-refractivity contribution in [3.05, 3.63) is 34.9 Å². The number of aliphatic hydroxyl groups is 1. The number of carbonyl (C=O) groups excluding carboxylic acids is 3. The molecular weight excluding hydrogens is 434 g/mol. The highest BCUT2D eigenvalue weighted by atomic mass is 16.6. The molecule has 0 spiro atoms. The maximum atomic E-state index is 13.7. The van der Waals surface area contributed by atoms with Crippen molar-refractivity contribution in [1.82, 2.24) is 15.5 Å². The average Bonchev–Trinajstić information content (AvgIpc) is 3.59. The van der Waals surface area contributed by atoms with Gasteiger partial charge in [0.1, 0.15) is 17.7 Å². The third-order valence-corrected chi connectivity index (χ3v) is 5.91. The third-order valence-electron chi connectivity index (χ3n) is 5.91. The highest BCUT2D eigenvalue weighted by Crippen LogP contribution is 2.37. The van der Waals surface area contributed by atoms with Crippen LogP contribution in [0.5, 0.6) is 0 Å². The maximum Gasteiger partial charge on any atom is 0.408 e. The Kier molecular flexibility index (Phi) is 9.91. The highest BCUT2D eigenvalue weighted by molar-refractivity contribution is 5.93. The molecule has 8 nitrogen and oxygen atoms in total. The third kappa shape index (κ3) is 7.72. The van der Waals surface area contributed by atoms with Gasteiger partial charge < -0.3 is 25.4 Å². The first kappa shape index (κ1) is 27.6. The zero-order valence-corrected chi connectivity index (χ0v) is 21.4. The van der Waals surface area contributed by atoms with Gasteiger partial charge in [-0.25, -0.2) is 4.79 Å². The average molecular weight is 476 g/mol. The number of amides is 3. The zero-order chi connectivity index (χ0) is 25.5. The second kappa shape index (κ2) is 12.2. The van der Waals surface area contributed by atoms with Crippen molar-refractivity contribution >= 4 is 17.9 Å². The fraction of sp³-hybridized carbons (Fsp3) is 0.654. The first-order chi connectivity index (χ1) is 16.0. The molecule has 3 N–H and O–H groups in total. The molecule has 1 fully saturated rings. The number of hydrogen-bond acceptors (Lipinski definition) is 5. The van der Waals surface area contributed by atoms with Crippen LogP contribution in [-0.4, -0.2) is 58.8 Å². The Bertz CT molecular complexity index is 860. The summed E-state index contributed by atoms with van der Waals surface area (Å²) in [6, 6.07) is 3.53. The van der Waals surface area contributed by atoms with Crippen LogP contribution in [0.25, 0.3) is 0 Å². The molecule has 2 rings (SSSR count). The van der Waals surface area contributed by atoms with Gasteiger partial charge in [0.25, 0.3) is 0 Å². The molecule has 34 heavy (non-hydrogen) atoms. The molecule has 1 aliphatic carbocycles. The lowest BCUT2D eigenvalue weighted by atomic mass is 9.95. The Morgan fingerprint density at radius 2 is 1.85 bits per heavy atom. The summed E-state index contributed by atoms with van der Waals surface area (Å²) in [7, 11) is 0. The summed E-state index contributed by atoms with van der Waals surface area (Å²) in [4.78, 5) is 41.0. The van der Waals surface area contributed by atoms with Crippen molar-refractivity contribution in [2.45, 2.75) is 97.4 Å². The van der Waals surface area contributed by atoms with Crippen molar-refractivity contribution in [1.29, 1.82) is 0 Å². The number of hydrogen-bond donors (Lipinski definition) is 3. The number of rotatable bonds is 11. The van der Waals surface area contributed by atoms with Crippen molar-refractivity contribution in [2.24, 2.45) is 0 Å². The standard InChI is InChI=1S/C26H41N3O5/c1-7-8-9-15-27-23(31)22(20-12-10-11-17(2)18(20)3)29(19-13-14-19)24(32)21(16-30)28-25(33)34-26(4,5)6/h10-12,19,21-22,30H,7-9,13-16H2,1-6H3,(H,27,31)(H,28,33). The molecule has 0 aliphatic heterocycles. The van der Waals surface area contributed by atoms with Gasteiger partial charge >= 0.3 is 6.09 Å². The van der Waals surface area contributed by atoms with Gasteiger partial charge in [-0.2, -0.15) is 0 Å². The molecule has 8 heteroatoms. The summed E-state index contributed by atoms with van der Waals surface area (Å²) in [5, 5.41) is 15.5. The number of unbranched alkanes of at least 4 members (excludes halogenated alkanes) is 2. The molecule has 1 aromatic carbocycles. The van der Waals surface area contributed by atoms with Crippen LogP contribution in [0.3, 0.4) is 0 Å². The van der Waals surface area contributed by atoms with Crippen molar-refractivity contribution in [3.8, 4) is 0 Å².